The Hall–Kier alpha value is -1.13. The van der Waals surface area contributed by atoms with Crippen LogP contribution in [-0.2, 0) is 4.74 Å². The standard InChI is InChI=1S/C13H20FNO2/c1-10(15-7-3-4-8-17-2)12-6-5-11(16)9-13(12)14/h5-6,9-10,15-16H,3-4,7-8H2,1-2H3. The van der Waals surface area contributed by atoms with Crippen molar-refractivity contribution >= 4 is 0 Å². The number of methoxy groups -OCH3 is 1. The van der Waals surface area contributed by atoms with E-state index >= 15 is 0 Å². The topological polar surface area (TPSA) is 41.5 Å². The van der Waals surface area contributed by atoms with E-state index in [0.29, 0.717) is 5.56 Å². The minimum Gasteiger partial charge on any atom is -0.508 e. The lowest BCUT2D eigenvalue weighted by Crippen LogP contribution is -2.21. The third-order valence-electron chi connectivity index (χ3n) is 2.68. The number of benzene rings is 1. The first-order valence-corrected chi connectivity index (χ1v) is 5.86. The molecule has 0 heterocycles. The van der Waals surface area contributed by atoms with Crippen LogP contribution in [0.1, 0.15) is 31.4 Å². The van der Waals surface area contributed by atoms with Crippen molar-refractivity contribution in [3.63, 3.8) is 0 Å². The van der Waals surface area contributed by atoms with E-state index in [2.05, 4.69) is 5.32 Å². The Morgan fingerprint density at radius 2 is 2.18 bits per heavy atom. The van der Waals surface area contributed by atoms with Gasteiger partial charge in [0.25, 0.3) is 0 Å². The molecule has 0 aliphatic heterocycles. The molecule has 2 N–H and O–H groups in total. The number of aromatic hydroxyl groups is 1. The average molecular weight is 241 g/mol. The van der Waals surface area contributed by atoms with E-state index in [1.54, 1.807) is 13.2 Å². The number of halogens is 1. The number of phenolic OH excluding ortho intramolecular Hbond substituents is 1. The molecular weight excluding hydrogens is 221 g/mol. The fourth-order valence-electron chi connectivity index (χ4n) is 1.67. The molecule has 17 heavy (non-hydrogen) atoms. The van der Waals surface area contributed by atoms with E-state index in [-0.39, 0.29) is 17.6 Å². The first-order chi connectivity index (χ1) is 8.15. The van der Waals surface area contributed by atoms with Crippen molar-refractivity contribution in [1.82, 2.24) is 5.32 Å². The molecule has 0 fully saturated rings. The van der Waals surface area contributed by atoms with Crippen LogP contribution in [0.2, 0.25) is 0 Å². The van der Waals surface area contributed by atoms with Crippen molar-refractivity contribution < 1.29 is 14.2 Å². The van der Waals surface area contributed by atoms with Gasteiger partial charge in [0.05, 0.1) is 0 Å². The van der Waals surface area contributed by atoms with Crippen LogP contribution >= 0.6 is 0 Å². The molecule has 0 amide bonds. The quantitative estimate of drug-likeness (QED) is 0.721. The van der Waals surface area contributed by atoms with Gasteiger partial charge in [0.1, 0.15) is 11.6 Å². The van der Waals surface area contributed by atoms with Gasteiger partial charge in [-0.15, -0.1) is 0 Å². The summed E-state index contributed by atoms with van der Waals surface area (Å²) >= 11 is 0. The molecule has 1 aromatic rings. The zero-order valence-electron chi connectivity index (χ0n) is 10.4. The minimum atomic E-state index is -0.373. The molecule has 0 saturated heterocycles. The number of hydrogen-bond acceptors (Lipinski definition) is 3. The third-order valence-corrected chi connectivity index (χ3v) is 2.68. The van der Waals surface area contributed by atoms with Crippen LogP contribution in [0, 0.1) is 5.82 Å². The second-order valence-electron chi connectivity index (χ2n) is 4.08. The second-order valence-corrected chi connectivity index (χ2v) is 4.08. The zero-order chi connectivity index (χ0) is 12.7. The molecule has 4 heteroatoms. The Labute approximate surface area is 102 Å². The highest BCUT2D eigenvalue weighted by Crippen LogP contribution is 2.20. The predicted octanol–water partition coefficient (Wildman–Crippen LogP) is 2.61. The van der Waals surface area contributed by atoms with Crippen molar-refractivity contribution in [3.8, 4) is 5.75 Å². The number of ether oxygens (including phenoxy) is 1. The van der Waals surface area contributed by atoms with Gasteiger partial charge < -0.3 is 15.2 Å². The van der Waals surface area contributed by atoms with Crippen LogP contribution in [0.3, 0.4) is 0 Å². The summed E-state index contributed by atoms with van der Waals surface area (Å²) in [6.07, 6.45) is 1.99. The summed E-state index contributed by atoms with van der Waals surface area (Å²) in [4.78, 5) is 0. The minimum absolute atomic E-state index is 0.0430. The van der Waals surface area contributed by atoms with Crippen molar-refractivity contribution in [3.05, 3.63) is 29.6 Å². The van der Waals surface area contributed by atoms with Crippen LogP contribution in [0.4, 0.5) is 4.39 Å². The van der Waals surface area contributed by atoms with Crippen molar-refractivity contribution in [2.45, 2.75) is 25.8 Å². The Balaban J connectivity index is 2.38. The molecule has 3 nitrogen and oxygen atoms in total. The summed E-state index contributed by atoms with van der Waals surface area (Å²) in [6, 6.07) is 4.19. The number of hydrogen-bond donors (Lipinski definition) is 2. The van der Waals surface area contributed by atoms with Gasteiger partial charge in [0.15, 0.2) is 0 Å². The Bertz CT molecular complexity index is 344. The van der Waals surface area contributed by atoms with E-state index in [9.17, 15) is 4.39 Å². The molecule has 1 rings (SSSR count). The molecule has 1 unspecified atom stereocenters. The number of phenols is 1. The zero-order valence-corrected chi connectivity index (χ0v) is 10.4. The van der Waals surface area contributed by atoms with Gasteiger partial charge in [-0.1, -0.05) is 6.07 Å². The molecule has 0 aromatic heterocycles. The van der Waals surface area contributed by atoms with Gasteiger partial charge in [0.2, 0.25) is 0 Å². The molecule has 0 radical (unpaired) electrons. The van der Waals surface area contributed by atoms with Gasteiger partial charge in [-0.05, 0) is 32.4 Å². The highest BCUT2D eigenvalue weighted by atomic mass is 19.1. The summed E-state index contributed by atoms with van der Waals surface area (Å²) < 4.78 is 18.5. The molecule has 0 aliphatic carbocycles. The number of unbranched alkanes of at least 4 members (excludes halogenated alkanes) is 1. The summed E-state index contributed by atoms with van der Waals surface area (Å²) in [6.45, 7) is 3.49. The normalized spacial score (nSPS) is 12.6. The predicted molar refractivity (Wildman–Crippen MR) is 65.6 cm³/mol. The smallest absolute Gasteiger partial charge is 0.131 e. The lowest BCUT2D eigenvalue weighted by molar-refractivity contribution is 0.192. The maximum absolute atomic E-state index is 13.5. The van der Waals surface area contributed by atoms with Crippen LogP contribution in [0.15, 0.2) is 18.2 Å². The fraction of sp³-hybridized carbons (Fsp3) is 0.538. The molecule has 1 atom stereocenters. The lowest BCUT2D eigenvalue weighted by Gasteiger charge is -2.15. The first-order valence-electron chi connectivity index (χ1n) is 5.86. The summed E-state index contributed by atoms with van der Waals surface area (Å²) in [5.74, 6) is -0.416. The maximum atomic E-state index is 13.5. The van der Waals surface area contributed by atoms with Crippen LogP contribution in [-0.4, -0.2) is 25.4 Å². The first kappa shape index (κ1) is 13.9. The monoisotopic (exact) mass is 241 g/mol. The van der Waals surface area contributed by atoms with E-state index in [0.717, 1.165) is 32.1 Å². The SMILES string of the molecule is COCCCCNC(C)c1ccc(O)cc1F. The second kappa shape index (κ2) is 7.25. The number of rotatable bonds is 7. The van der Waals surface area contributed by atoms with Crippen molar-refractivity contribution in [2.24, 2.45) is 0 Å². The van der Waals surface area contributed by atoms with E-state index < -0.39 is 0 Å². The Morgan fingerprint density at radius 3 is 2.82 bits per heavy atom. The summed E-state index contributed by atoms with van der Waals surface area (Å²) in [5, 5.41) is 12.4. The molecule has 96 valence electrons. The fourth-order valence-corrected chi connectivity index (χ4v) is 1.67. The molecular formula is C13H20FNO2. The average Bonchev–Trinajstić information content (AvgIpc) is 2.28. The number of nitrogens with one attached hydrogen (secondary N) is 1. The Morgan fingerprint density at radius 1 is 1.41 bits per heavy atom. The molecule has 0 aliphatic rings. The van der Waals surface area contributed by atoms with Gasteiger partial charge in [-0.25, -0.2) is 4.39 Å². The molecule has 1 aromatic carbocycles. The largest absolute Gasteiger partial charge is 0.508 e. The lowest BCUT2D eigenvalue weighted by atomic mass is 10.1. The van der Waals surface area contributed by atoms with Gasteiger partial charge in [-0.3, -0.25) is 0 Å². The molecule has 0 bridgehead atoms. The van der Waals surface area contributed by atoms with Crippen LogP contribution < -0.4 is 5.32 Å². The van der Waals surface area contributed by atoms with Gasteiger partial charge >= 0.3 is 0 Å². The van der Waals surface area contributed by atoms with Crippen LogP contribution in [0.25, 0.3) is 0 Å². The highest BCUT2D eigenvalue weighted by Gasteiger charge is 2.10. The summed E-state index contributed by atoms with van der Waals surface area (Å²) in [5.41, 5.74) is 0.578. The maximum Gasteiger partial charge on any atom is 0.131 e. The van der Waals surface area contributed by atoms with E-state index in [1.807, 2.05) is 6.92 Å². The molecule has 0 saturated carbocycles. The van der Waals surface area contributed by atoms with Crippen LogP contribution in [0.5, 0.6) is 5.75 Å². The van der Waals surface area contributed by atoms with Gasteiger partial charge in [0, 0.05) is 31.4 Å². The summed E-state index contributed by atoms with van der Waals surface area (Å²) in [7, 11) is 1.68. The van der Waals surface area contributed by atoms with E-state index in [4.69, 9.17) is 9.84 Å². The van der Waals surface area contributed by atoms with Crippen molar-refractivity contribution in [1.29, 1.82) is 0 Å². The Kier molecular flexibility index (Phi) is 5.94. The van der Waals surface area contributed by atoms with Crippen molar-refractivity contribution in [2.75, 3.05) is 20.3 Å². The molecule has 0 spiro atoms. The van der Waals surface area contributed by atoms with E-state index in [1.165, 1.54) is 6.07 Å². The third kappa shape index (κ3) is 4.71. The highest BCUT2D eigenvalue weighted by molar-refractivity contribution is 5.29. The van der Waals surface area contributed by atoms with Gasteiger partial charge in [-0.2, -0.15) is 0 Å².